The van der Waals surface area contributed by atoms with Crippen LogP contribution in [-0.4, -0.2) is 0 Å². The van der Waals surface area contributed by atoms with Gasteiger partial charge < -0.3 is 45.1 Å². The minimum atomic E-state index is 0. The first kappa shape index (κ1) is 45.6. The second kappa shape index (κ2) is 20.6. The Morgan fingerprint density at radius 3 is 1.12 bits per heavy atom. The molecular formula is C47H56Cl2Hf-6. The van der Waals surface area contributed by atoms with Gasteiger partial charge in [0.25, 0.3) is 0 Å². The van der Waals surface area contributed by atoms with Crippen molar-refractivity contribution in [3.63, 3.8) is 0 Å². The summed E-state index contributed by atoms with van der Waals surface area (Å²) in [5, 5.41) is 5.49. The molecule has 0 atom stereocenters. The molecule has 6 rings (SSSR count). The predicted molar refractivity (Wildman–Crippen MR) is 211 cm³/mol. The maximum Gasteiger partial charge on any atom is 0 e. The van der Waals surface area contributed by atoms with Crippen molar-refractivity contribution < 1.29 is 50.7 Å². The molecule has 6 aromatic rings. The molecule has 0 spiro atoms. The van der Waals surface area contributed by atoms with Gasteiger partial charge in [0, 0.05) is 25.8 Å². The van der Waals surface area contributed by atoms with Gasteiger partial charge in [0.15, 0.2) is 0 Å². The summed E-state index contributed by atoms with van der Waals surface area (Å²) in [4.78, 5) is 0. The van der Waals surface area contributed by atoms with E-state index in [1.165, 1.54) is 78.9 Å². The molecule has 0 saturated carbocycles. The first-order valence-corrected chi connectivity index (χ1v) is 17.6. The zero-order chi connectivity index (χ0) is 34.2. The van der Waals surface area contributed by atoms with E-state index in [1.54, 1.807) is 0 Å². The SMILES string of the molecule is CCCc1cc2c(-c3ccc(C(C)(C)C)cc3)cccc2[cH-]1.CCCc1cc2c(-c3ccc(C(C)(C)C)cc3)cccc2[cH-]1.[CH2-]C[CH2-].[Cl-].[Cl-].[Hf]. The van der Waals surface area contributed by atoms with Gasteiger partial charge in [0.05, 0.1) is 0 Å². The summed E-state index contributed by atoms with van der Waals surface area (Å²) in [5.74, 6) is 0. The molecule has 0 heterocycles. The van der Waals surface area contributed by atoms with E-state index in [-0.39, 0.29) is 61.5 Å². The van der Waals surface area contributed by atoms with Crippen LogP contribution in [0.5, 0.6) is 0 Å². The van der Waals surface area contributed by atoms with Gasteiger partial charge in [0.2, 0.25) is 0 Å². The van der Waals surface area contributed by atoms with E-state index in [1.807, 2.05) is 0 Å². The molecule has 0 saturated heterocycles. The summed E-state index contributed by atoms with van der Waals surface area (Å²) in [7, 11) is 0. The molecule has 0 unspecified atom stereocenters. The van der Waals surface area contributed by atoms with Crippen LogP contribution in [-0.2, 0) is 49.5 Å². The number of fused-ring (bicyclic) bond motifs is 2. The molecule has 0 aromatic heterocycles. The Balaban J connectivity index is 0.000000439. The third kappa shape index (κ3) is 11.8. The van der Waals surface area contributed by atoms with Gasteiger partial charge in [0.1, 0.15) is 0 Å². The smallest absolute Gasteiger partial charge is 0 e. The minimum Gasteiger partial charge on any atom is -1.00 e. The Labute approximate surface area is 335 Å². The van der Waals surface area contributed by atoms with Gasteiger partial charge in [-0.25, -0.2) is 0 Å². The van der Waals surface area contributed by atoms with E-state index in [9.17, 15) is 0 Å². The summed E-state index contributed by atoms with van der Waals surface area (Å²) in [5.41, 5.74) is 11.4. The van der Waals surface area contributed by atoms with Crippen LogP contribution in [0.4, 0.5) is 0 Å². The van der Waals surface area contributed by atoms with Gasteiger partial charge >= 0.3 is 0 Å². The topological polar surface area (TPSA) is 0 Å². The number of hydrogen-bond donors (Lipinski definition) is 0. The molecule has 0 aliphatic heterocycles. The molecule has 0 amide bonds. The molecule has 0 nitrogen and oxygen atoms in total. The van der Waals surface area contributed by atoms with Crippen LogP contribution in [0.25, 0.3) is 43.8 Å². The van der Waals surface area contributed by atoms with E-state index in [0.717, 1.165) is 19.3 Å². The van der Waals surface area contributed by atoms with Gasteiger partial charge in [-0.2, -0.15) is 12.1 Å². The Hall–Kier alpha value is -2.45. The zero-order valence-corrected chi connectivity index (χ0v) is 36.7. The van der Waals surface area contributed by atoms with Crippen LogP contribution in [0.15, 0.2) is 109 Å². The van der Waals surface area contributed by atoms with Crippen LogP contribution in [0.1, 0.15) is 96.9 Å². The Morgan fingerprint density at radius 2 is 0.840 bits per heavy atom. The molecule has 0 radical (unpaired) electrons. The Kier molecular flexibility index (Phi) is 18.7. The molecule has 0 aliphatic carbocycles. The van der Waals surface area contributed by atoms with E-state index in [4.69, 9.17) is 0 Å². The molecule has 268 valence electrons. The van der Waals surface area contributed by atoms with Crippen LogP contribution < -0.4 is 24.8 Å². The summed E-state index contributed by atoms with van der Waals surface area (Å²) in [6.45, 7) is 24.8. The van der Waals surface area contributed by atoms with Crippen molar-refractivity contribution in [2.24, 2.45) is 0 Å². The fraction of sp³-hybridized carbons (Fsp3) is 0.319. The number of hydrogen-bond acceptors (Lipinski definition) is 0. The molecule has 6 aromatic carbocycles. The van der Waals surface area contributed by atoms with Crippen LogP contribution in [0, 0.1) is 13.8 Å². The normalized spacial score (nSPS) is 10.9. The molecular weight excluding hydrogens is 814 g/mol. The number of aryl methyl sites for hydroxylation is 2. The molecule has 0 aliphatic rings. The maximum atomic E-state index is 3.38. The monoisotopic (exact) mass is 870 g/mol. The fourth-order valence-electron chi connectivity index (χ4n) is 6.26. The van der Waals surface area contributed by atoms with Crippen LogP contribution in [0.3, 0.4) is 0 Å². The van der Waals surface area contributed by atoms with Gasteiger partial charge in [-0.3, -0.25) is 0 Å². The molecule has 0 fully saturated rings. The largest absolute Gasteiger partial charge is 1.00 e. The Bertz CT molecular complexity index is 1700. The van der Waals surface area contributed by atoms with Crippen molar-refractivity contribution >= 4 is 21.5 Å². The van der Waals surface area contributed by atoms with Gasteiger partial charge in [-0.15, -0.1) is 69.1 Å². The average molecular weight is 870 g/mol. The van der Waals surface area contributed by atoms with Crippen LogP contribution in [0.2, 0.25) is 0 Å². The van der Waals surface area contributed by atoms with E-state index in [2.05, 4.69) is 178 Å². The average Bonchev–Trinajstić information content (AvgIpc) is 3.65. The predicted octanol–water partition coefficient (Wildman–Crippen LogP) is 8.00. The summed E-state index contributed by atoms with van der Waals surface area (Å²) < 4.78 is 0. The van der Waals surface area contributed by atoms with Crippen molar-refractivity contribution in [1.29, 1.82) is 0 Å². The van der Waals surface area contributed by atoms with E-state index in [0.29, 0.717) is 0 Å². The van der Waals surface area contributed by atoms with Crippen molar-refractivity contribution in [2.45, 2.75) is 98.3 Å². The third-order valence-corrected chi connectivity index (χ3v) is 8.82. The second-order valence-corrected chi connectivity index (χ2v) is 14.9. The number of halogens is 2. The molecule has 0 bridgehead atoms. The molecule has 3 heteroatoms. The van der Waals surface area contributed by atoms with Gasteiger partial charge in [-0.05, 0) is 45.9 Å². The second-order valence-electron chi connectivity index (χ2n) is 14.9. The fourth-order valence-corrected chi connectivity index (χ4v) is 6.26. The minimum absolute atomic E-state index is 0. The standard InChI is InChI=1S/2C22H25.C3H6.2ClH.Hf/c2*1-5-7-16-14-18-8-6-9-20(21(18)15-16)17-10-12-19(13-11-17)22(2,3)4;1-3-2;;;/h2*6,8-15H,5,7H2,1-4H3;1-3H2;2*1H;/q2*-1;-2;;;/p-2. The van der Waals surface area contributed by atoms with E-state index >= 15 is 0 Å². The van der Waals surface area contributed by atoms with Crippen molar-refractivity contribution in [2.75, 3.05) is 0 Å². The van der Waals surface area contributed by atoms with Crippen molar-refractivity contribution in [3.8, 4) is 22.3 Å². The number of rotatable bonds is 6. The Morgan fingerprint density at radius 1 is 0.520 bits per heavy atom. The summed E-state index contributed by atoms with van der Waals surface area (Å²) in [6.07, 6.45) is 5.48. The van der Waals surface area contributed by atoms with Gasteiger partial charge in [-0.1, -0.05) is 140 Å². The first-order chi connectivity index (χ1) is 22.4. The maximum absolute atomic E-state index is 3.38. The van der Waals surface area contributed by atoms with E-state index < -0.39 is 0 Å². The first-order valence-electron chi connectivity index (χ1n) is 17.6. The molecule has 50 heavy (non-hydrogen) atoms. The third-order valence-electron chi connectivity index (χ3n) is 8.82. The van der Waals surface area contributed by atoms with Crippen molar-refractivity contribution in [3.05, 3.63) is 145 Å². The van der Waals surface area contributed by atoms with Crippen LogP contribution >= 0.6 is 0 Å². The number of benzene rings is 4. The summed E-state index contributed by atoms with van der Waals surface area (Å²) in [6, 6.07) is 40.8. The molecule has 0 N–H and O–H groups in total. The quantitative estimate of drug-likeness (QED) is 0.118. The zero-order valence-electron chi connectivity index (χ0n) is 31.6. The summed E-state index contributed by atoms with van der Waals surface area (Å²) >= 11 is 0. The van der Waals surface area contributed by atoms with Crippen molar-refractivity contribution in [1.82, 2.24) is 0 Å².